The third-order valence-corrected chi connectivity index (χ3v) is 7.28. The van der Waals surface area contributed by atoms with Crippen molar-refractivity contribution in [2.24, 2.45) is 22.7 Å². The lowest BCUT2D eigenvalue weighted by atomic mass is 9.77. The first-order chi connectivity index (χ1) is 9.52. The molecule has 4 atom stereocenters. The maximum Gasteiger partial charge on any atom is -0.0266 e. The van der Waals surface area contributed by atoms with Crippen molar-refractivity contribution in [3.8, 4) is 0 Å². The smallest absolute Gasteiger partial charge is 0.0266 e. The molecule has 2 aliphatic carbocycles. The second-order valence-electron chi connectivity index (χ2n) is 8.58. The monoisotopic (exact) mass is 278 g/mol. The Bertz CT molecular complexity index is 288. The van der Waals surface area contributed by atoms with Crippen LogP contribution in [0, 0.1) is 22.7 Å². The lowest BCUT2D eigenvalue weighted by molar-refractivity contribution is 0.238. The maximum atomic E-state index is 2.57. The Hall–Kier alpha value is 0. The highest BCUT2D eigenvalue weighted by molar-refractivity contribution is 5.04. The lowest BCUT2D eigenvalue weighted by Gasteiger charge is -2.28. The van der Waals surface area contributed by atoms with Gasteiger partial charge in [-0.2, -0.15) is 0 Å². The molecule has 2 fully saturated rings. The zero-order valence-electron chi connectivity index (χ0n) is 14.6. The minimum absolute atomic E-state index is 0.642. The van der Waals surface area contributed by atoms with Crippen LogP contribution in [0.3, 0.4) is 0 Å². The van der Waals surface area contributed by atoms with Crippen LogP contribution >= 0.6 is 0 Å². The summed E-state index contributed by atoms with van der Waals surface area (Å²) < 4.78 is 0. The van der Waals surface area contributed by atoms with Crippen LogP contribution in [0.4, 0.5) is 0 Å². The predicted octanol–water partition coefficient (Wildman–Crippen LogP) is 6.98. The fraction of sp³-hybridized carbons (Fsp3) is 1.00. The molecule has 0 N–H and O–H groups in total. The Morgan fingerprint density at radius 1 is 0.800 bits per heavy atom. The maximum absolute atomic E-state index is 2.57. The molecule has 0 aliphatic heterocycles. The van der Waals surface area contributed by atoms with Gasteiger partial charge in [-0.15, -0.1) is 0 Å². The van der Waals surface area contributed by atoms with Crippen molar-refractivity contribution in [2.75, 3.05) is 0 Å². The second kappa shape index (κ2) is 6.84. The summed E-state index contributed by atoms with van der Waals surface area (Å²) in [6.07, 6.45) is 17.7. The quantitative estimate of drug-likeness (QED) is 0.485. The Kier molecular flexibility index (Phi) is 5.60. The van der Waals surface area contributed by atoms with Crippen LogP contribution in [0.15, 0.2) is 0 Å². The molecular weight excluding hydrogens is 240 g/mol. The summed E-state index contributed by atoms with van der Waals surface area (Å²) >= 11 is 0. The number of hydrogen-bond acceptors (Lipinski definition) is 0. The second-order valence-corrected chi connectivity index (χ2v) is 8.58. The van der Waals surface area contributed by atoms with E-state index in [4.69, 9.17) is 0 Å². The van der Waals surface area contributed by atoms with Crippen LogP contribution in [0.25, 0.3) is 0 Å². The van der Waals surface area contributed by atoms with Gasteiger partial charge < -0.3 is 0 Å². The van der Waals surface area contributed by atoms with Crippen molar-refractivity contribution in [1.29, 1.82) is 0 Å². The fourth-order valence-corrected chi connectivity index (χ4v) is 4.89. The van der Waals surface area contributed by atoms with Crippen LogP contribution in [0.2, 0.25) is 0 Å². The van der Waals surface area contributed by atoms with Gasteiger partial charge in [0.2, 0.25) is 0 Å². The van der Waals surface area contributed by atoms with Crippen molar-refractivity contribution in [3.05, 3.63) is 0 Å². The summed E-state index contributed by atoms with van der Waals surface area (Å²) in [5.41, 5.74) is 1.36. The highest BCUT2D eigenvalue weighted by atomic mass is 14.6. The first-order valence-electron chi connectivity index (χ1n) is 9.52. The molecule has 0 radical (unpaired) electrons. The third-order valence-electron chi connectivity index (χ3n) is 7.28. The number of fused-ring (bicyclic) bond motifs is 1. The van der Waals surface area contributed by atoms with E-state index in [1.54, 1.807) is 0 Å². The number of rotatable bonds is 1. The van der Waals surface area contributed by atoms with E-state index in [1.807, 2.05) is 0 Å². The van der Waals surface area contributed by atoms with Gasteiger partial charge in [-0.1, -0.05) is 79.1 Å². The topological polar surface area (TPSA) is 0 Å². The lowest BCUT2D eigenvalue weighted by Crippen LogP contribution is -2.15. The molecule has 0 amide bonds. The van der Waals surface area contributed by atoms with E-state index in [-0.39, 0.29) is 0 Å². The van der Waals surface area contributed by atoms with E-state index >= 15 is 0 Å². The van der Waals surface area contributed by atoms with Crippen molar-refractivity contribution >= 4 is 0 Å². The Labute approximate surface area is 128 Å². The molecule has 2 saturated carbocycles. The van der Waals surface area contributed by atoms with E-state index in [2.05, 4.69) is 27.7 Å². The summed E-state index contributed by atoms with van der Waals surface area (Å²) in [6.45, 7) is 10.0. The van der Waals surface area contributed by atoms with E-state index in [0.29, 0.717) is 5.41 Å². The molecule has 118 valence electrons. The van der Waals surface area contributed by atoms with Crippen molar-refractivity contribution in [1.82, 2.24) is 0 Å². The Balaban J connectivity index is 1.85. The molecule has 0 aromatic carbocycles. The molecule has 0 aromatic rings. The van der Waals surface area contributed by atoms with Crippen LogP contribution in [-0.2, 0) is 0 Å². The average molecular weight is 279 g/mol. The Morgan fingerprint density at radius 3 is 2.00 bits per heavy atom. The van der Waals surface area contributed by atoms with Gasteiger partial charge in [-0.3, -0.25) is 0 Å². The molecular formula is C20H38. The average Bonchev–Trinajstić information content (AvgIpc) is 2.94. The molecule has 0 spiro atoms. The molecule has 0 saturated heterocycles. The molecule has 0 aromatic heterocycles. The summed E-state index contributed by atoms with van der Waals surface area (Å²) in [5, 5.41) is 0. The number of hydrogen-bond donors (Lipinski definition) is 0. The molecule has 2 aliphatic rings. The van der Waals surface area contributed by atoms with Gasteiger partial charge in [-0.05, 0) is 48.3 Å². The summed E-state index contributed by atoms with van der Waals surface area (Å²) in [6, 6.07) is 0. The molecule has 0 heteroatoms. The largest absolute Gasteiger partial charge is 0.0649 e. The summed E-state index contributed by atoms with van der Waals surface area (Å²) in [4.78, 5) is 0. The standard InChI is InChI=1S/C20H38/c1-5-19(3)14-10-7-6-9-13-18-17(2)20(18,4)16-12-8-11-15-19/h17-18H,5-16H2,1-4H3. The third kappa shape index (κ3) is 3.80. The molecule has 0 nitrogen and oxygen atoms in total. The van der Waals surface area contributed by atoms with Crippen molar-refractivity contribution in [2.45, 2.75) is 105 Å². The summed E-state index contributed by atoms with van der Waals surface area (Å²) in [7, 11) is 0. The normalized spacial score (nSPS) is 44.4. The van der Waals surface area contributed by atoms with E-state index in [0.717, 1.165) is 17.3 Å². The molecule has 0 bridgehead atoms. The molecule has 0 heterocycles. The van der Waals surface area contributed by atoms with Crippen LogP contribution in [0.1, 0.15) is 105 Å². The van der Waals surface area contributed by atoms with Gasteiger partial charge in [0.1, 0.15) is 0 Å². The summed E-state index contributed by atoms with van der Waals surface area (Å²) in [5.74, 6) is 2.07. The fourth-order valence-electron chi connectivity index (χ4n) is 4.89. The predicted molar refractivity (Wildman–Crippen MR) is 89.9 cm³/mol. The first-order valence-corrected chi connectivity index (χ1v) is 9.52. The van der Waals surface area contributed by atoms with Gasteiger partial charge >= 0.3 is 0 Å². The SMILES string of the molecule is CCC1(C)CCCCCCC2C(C)C2(C)CCCCC1. The minimum atomic E-state index is 0.642. The van der Waals surface area contributed by atoms with Crippen molar-refractivity contribution in [3.63, 3.8) is 0 Å². The van der Waals surface area contributed by atoms with Crippen LogP contribution in [-0.4, -0.2) is 0 Å². The molecule has 4 unspecified atom stereocenters. The van der Waals surface area contributed by atoms with Gasteiger partial charge in [0, 0.05) is 0 Å². The van der Waals surface area contributed by atoms with Crippen LogP contribution < -0.4 is 0 Å². The first kappa shape index (κ1) is 16.4. The minimum Gasteiger partial charge on any atom is -0.0649 e. The van der Waals surface area contributed by atoms with Gasteiger partial charge in [-0.25, -0.2) is 0 Å². The van der Waals surface area contributed by atoms with E-state index in [9.17, 15) is 0 Å². The Morgan fingerprint density at radius 2 is 1.35 bits per heavy atom. The zero-order valence-corrected chi connectivity index (χ0v) is 14.6. The molecule has 20 heavy (non-hydrogen) atoms. The van der Waals surface area contributed by atoms with E-state index in [1.165, 1.54) is 77.0 Å². The van der Waals surface area contributed by atoms with Gasteiger partial charge in [0.15, 0.2) is 0 Å². The molecule has 2 rings (SSSR count). The zero-order chi connectivity index (χ0) is 14.6. The highest BCUT2D eigenvalue weighted by Crippen LogP contribution is 2.63. The van der Waals surface area contributed by atoms with Gasteiger partial charge in [0.25, 0.3) is 0 Å². The van der Waals surface area contributed by atoms with Gasteiger partial charge in [0.05, 0.1) is 0 Å². The van der Waals surface area contributed by atoms with Crippen molar-refractivity contribution < 1.29 is 0 Å². The highest BCUT2D eigenvalue weighted by Gasteiger charge is 2.56. The van der Waals surface area contributed by atoms with Crippen LogP contribution in [0.5, 0.6) is 0 Å². The van der Waals surface area contributed by atoms with E-state index < -0.39 is 0 Å².